The summed E-state index contributed by atoms with van der Waals surface area (Å²) in [5.41, 5.74) is 4.51. The van der Waals surface area contributed by atoms with E-state index in [-0.39, 0.29) is 6.54 Å². The molecule has 6 heteroatoms. The molecule has 0 aromatic carbocycles. The molecule has 0 radical (unpaired) electrons. The normalized spacial score (nSPS) is 29.1. The quantitative estimate of drug-likeness (QED) is 0.777. The largest absolute Gasteiger partial charge is 0.401 e. The summed E-state index contributed by atoms with van der Waals surface area (Å²) in [5, 5.41) is 10.1. The van der Waals surface area contributed by atoms with Gasteiger partial charge in [0.15, 0.2) is 0 Å². The summed E-state index contributed by atoms with van der Waals surface area (Å²) >= 11 is 0. The van der Waals surface area contributed by atoms with Gasteiger partial charge in [-0.3, -0.25) is 4.90 Å². The van der Waals surface area contributed by atoms with Gasteiger partial charge < -0.3 is 10.8 Å². The van der Waals surface area contributed by atoms with Crippen LogP contribution in [-0.2, 0) is 0 Å². The number of rotatable bonds is 3. The lowest BCUT2D eigenvalue weighted by molar-refractivity contribution is -0.146. The van der Waals surface area contributed by atoms with Gasteiger partial charge in [0.05, 0.1) is 12.1 Å². The van der Waals surface area contributed by atoms with Crippen molar-refractivity contribution in [3.63, 3.8) is 0 Å². The van der Waals surface area contributed by atoms with Crippen molar-refractivity contribution in [3.8, 4) is 0 Å². The molecule has 0 bridgehead atoms. The molecule has 0 aromatic rings. The Morgan fingerprint density at radius 1 is 1.25 bits per heavy atom. The first kappa shape index (κ1) is 13.7. The molecule has 1 rings (SSSR count). The summed E-state index contributed by atoms with van der Waals surface area (Å²) in [7, 11) is 0. The molecule has 1 unspecified atom stereocenters. The topological polar surface area (TPSA) is 49.5 Å². The first-order chi connectivity index (χ1) is 7.35. The lowest BCUT2D eigenvalue weighted by Gasteiger charge is -2.26. The Morgan fingerprint density at radius 2 is 1.94 bits per heavy atom. The lowest BCUT2D eigenvalue weighted by Crippen LogP contribution is -2.37. The first-order valence-corrected chi connectivity index (χ1v) is 5.56. The summed E-state index contributed by atoms with van der Waals surface area (Å²) in [6.07, 6.45) is -2.19. The van der Waals surface area contributed by atoms with Crippen LogP contribution in [0.15, 0.2) is 0 Å². The van der Waals surface area contributed by atoms with Crippen molar-refractivity contribution in [2.24, 2.45) is 5.73 Å². The molecule has 0 saturated carbocycles. The Hall–Kier alpha value is -0.330. The molecule has 96 valence electrons. The van der Waals surface area contributed by atoms with Gasteiger partial charge in [-0.05, 0) is 38.8 Å². The highest BCUT2D eigenvalue weighted by Gasteiger charge is 2.34. The van der Waals surface area contributed by atoms with Gasteiger partial charge in [-0.25, -0.2) is 0 Å². The molecule has 3 nitrogen and oxygen atoms in total. The van der Waals surface area contributed by atoms with Gasteiger partial charge >= 0.3 is 6.18 Å². The first-order valence-electron chi connectivity index (χ1n) is 5.56. The van der Waals surface area contributed by atoms with Crippen LogP contribution in [0.2, 0.25) is 0 Å². The van der Waals surface area contributed by atoms with Crippen molar-refractivity contribution in [2.45, 2.75) is 37.5 Å². The Kier molecular flexibility index (Phi) is 4.58. The Labute approximate surface area is 93.4 Å². The maximum absolute atomic E-state index is 12.2. The molecule has 1 saturated heterocycles. The van der Waals surface area contributed by atoms with Gasteiger partial charge in [-0.2, -0.15) is 13.2 Å². The Bertz CT molecular complexity index is 223. The fourth-order valence-electron chi connectivity index (χ4n) is 2.17. The van der Waals surface area contributed by atoms with E-state index >= 15 is 0 Å². The summed E-state index contributed by atoms with van der Waals surface area (Å²) in [6, 6.07) is 0. The molecule has 1 fully saturated rings. The zero-order chi connectivity index (χ0) is 12.2. The third-order valence-corrected chi connectivity index (χ3v) is 3.02. The van der Waals surface area contributed by atoms with Crippen LogP contribution in [0.1, 0.15) is 25.7 Å². The number of hydrogen-bond acceptors (Lipinski definition) is 3. The average Bonchev–Trinajstić information content (AvgIpc) is 2.27. The van der Waals surface area contributed by atoms with Crippen molar-refractivity contribution < 1.29 is 18.3 Å². The molecule has 3 N–H and O–H groups in total. The molecule has 1 atom stereocenters. The number of nitrogens with two attached hydrogens (primary N) is 1. The summed E-state index contributed by atoms with van der Waals surface area (Å²) in [6.45, 7) is 0.171. The smallest absolute Gasteiger partial charge is 0.390 e. The highest BCUT2D eigenvalue weighted by molar-refractivity contribution is 4.84. The van der Waals surface area contributed by atoms with Crippen molar-refractivity contribution in [1.29, 1.82) is 0 Å². The maximum atomic E-state index is 12.2. The van der Waals surface area contributed by atoms with E-state index in [0.29, 0.717) is 38.8 Å². The maximum Gasteiger partial charge on any atom is 0.401 e. The number of aliphatic hydroxyl groups is 1. The van der Waals surface area contributed by atoms with Crippen LogP contribution in [-0.4, -0.2) is 48.0 Å². The molecule has 0 spiro atoms. The van der Waals surface area contributed by atoms with Crippen LogP contribution < -0.4 is 5.73 Å². The minimum absolute atomic E-state index is 0.288. The van der Waals surface area contributed by atoms with Gasteiger partial charge in [0.2, 0.25) is 0 Å². The summed E-state index contributed by atoms with van der Waals surface area (Å²) < 4.78 is 36.6. The van der Waals surface area contributed by atoms with Crippen molar-refractivity contribution in [1.82, 2.24) is 4.90 Å². The monoisotopic (exact) mass is 240 g/mol. The lowest BCUT2D eigenvalue weighted by atomic mass is 9.91. The zero-order valence-corrected chi connectivity index (χ0v) is 9.26. The van der Waals surface area contributed by atoms with Crippen LogP contribution in [0.3, 0.4) is 0 Å². The second kappa shape index (κ2) is 5.33. The van der Waals surface area contributed by atoms with Crippen molar-refractivity contribution in [2.75, 3.05) is 26.2 Å². The SMILES string of the molecule is NCCC1(O)CCCN(CC(F)(F)F)CC1. The van der Waals surface area contributed by atoms with Gasteiger partial charge in [0, 0.05) is 6.54 Å². The predicted molar refractivity (Wildman–Crippen MR) is 55.0 cm³/mol. The second-order valence-electron chi connectivity index (χ2n) is 4.51. The highest BCUT2D eigenvalue weighted by Crippen LogP contribution is 2.26. The molecule has 1 aliphatic heterocycles. The van der Waals surface area contributed by atoms with E-state index in [1.54, 1.807) is 0 Å². The number of likely N-dealkylation sites (tertiary alicyclic amines) is 1. The second-order valence-corrected chi connectivity index (χ2v) is 4.51. The van der Waals surface area contributed by atoms with E-state index in [0.717, 1.165) is 0 Å². The zero-order valence-electron chi connectivity index (χ0n) is 9.26. The number of halogens is 3. The molecule has 0 aromatic heterocycles. The Balaban J connectivity index is 2.46. The fourth-order valence-corrected chi connectivity index (χ4v) is 2.17. The third-order valence-electron chi connectivity index (χ3n) is 3.02. The van der Waals surface area contributed by atoms with Gasteiger partial charge in [0.1, 0.15) is 0 Å². The van der Waals surface area contributed by atoms with E-state index in [1.807, 2.05) is 0 Å². The van der Waals surface area contributed by atoms with Crippen LogP contribution in [0, 0.1) is 0 Å². The van der Waals surface area contributed by atoms with Crippen molar-refractivity contribution >= 4 is 0 Å². The minimum atomic E-state index is -4.16. The summed E-state index contributed by atoms with van der Waals surface area (Å²) in [4.78, 5) is 1.36. The Morgan fingerprint density at radius 3 is 2.50 bits per heavy atom. The molecule has 0 aliphatic carbocycles. The van der Waals surface area contributed by atoms with Gasteiger partial charge in [-0.15, -0.1) is 0 Å². The van der Waals surface area contributed by atoms with E-state index < -0.39 is 18.3 Å². The molecule has 1 heterocycles. The standard InChI is InChI=1S/C10H19F3N2O/c11-10(12,13)8-15-6-1-2-9(16,3-5-14)4-7-15/h16H,1-8,14H2. The van der Waals surface area contributed by atoms with Crippen LogP contribution in [0.5, 0.6) is 0 Å². The minimum Gasteiger partial charge on any atom is -0.390 e. The number of nitrogens with zero attached hydrogens (tertiary/aromatic N) is 1. The van der Waals surface area contributed by atoms with Crippen molar-refractivity contribution in [3.05, 3.63) is 0 Å². The molecule has 16 heavy (non-hydrogen) atoms. The summed E-state index contributed by atoms with van der Waals surface area (Å²) in [5.74, 6) is 0. The average molecular weight is 240 g/mol. The van der Waals surface area contributed by atoms with Crippen LogP contribution >= 0.6 is 0 Å². The van der Waals surface area contributed by atoms with E-state index in [4.69, 9.17) is 5.73 Å². The third kappa shape index (κ3) is 4.67. The molecular weight excluding hydrogens is 221 g/mol. The van der Waals surface area contributed by atoms with Gasteiger partial charge in [-0.1, -0.05) is 0 Å². The molecule has 1 aliphatic rings. The van der Waals surface area contributed by atoms with E-state index in [1.165, 1.54) is 4.90 Å². The van der Waals surface area contributed by atoms with Crippen LogP contribution in [0.4, 0.5) is 13.2 Å². The highest BCUT2D eigenvalue weighted by atomic mass is 19.4. The van der Waals surface area contributed by atoms with E-state index in [2.05, 4.69) is 0 Å². The predicted octanol–water partition coefficient (Wildman–Crippen LogP) is 1.11. The van der Waals surface area contributed by atoms with E-state index in [9.17, 15) is 18.3 Å². The van der Waals surface area contributed by atoms with Gasteiger partial charge in [0.25, 0.3) is 0 Å². The van der Waals surface area contributed by atoms with Crippen LogP contribution in [0.25, 0.3) is 0 Å². The molecular formula is C10H19F3N2O. The number of hydrogen-bond donors (Lipinski definition) is 2. The fraction of sp³-hybridized carbons (Fsp3) is 1.00. The molecule has 0 amide bonds. The number of alkyl halides is 3.